The van der Waals surface area contributed by atoms with E-state index in [1.807, 2.05) is 30.3 Å². The standard InChI is InChI=1S/C20H30N4O3/c1-4-21-20(23-9-12-24-10-5-6-11-24)22-8-7-13-27-19-15-17(25-2)14-18(16-19)26-3/h5-6,10-11,14-16H,4,7-9,12-13H2,1-3H3,(H2,21,22,23). The van der Waals surface area contributed by atoms with Crippen LogP contribution in [0.25, 0.3) is 0 Å². The first kappa shape index (κ1) is 20.5. The summed E-state index contributed by atoms with van der Waals surface area (Å²) in [4.78, 5) is 4.59. The number of nitrogens with one attached hydrogen (secondary N) is 2. The summed E-state index contributed by atoms with van der Waals surface area (Å²) in [6.45, 7) is 5.86. The van der Waals surface area contributed by atoms with Gasteiger partial charge in [-0.2, -0.15) is 0 Å². The Morgan fingerprint density at radius 2 is 1.67 bits per heavy atom. The molecule has 0 atom stereocenters. The number of aliphatic imine (C=N–C) groups is 1. The van der Waals surface area contributed by atoms with Crippen molar-refractivity contribution in [1.82, 2.24) is 15.2 Å². The molecular formula is C20H30N4O3. The lowest BCUT2D eigenvalue weighted by molar-refractivity contribution is 0.307. The van der Waals surface area contributed by atoms with E-state index < -0.39 is 0 Å². The summed E-state index contributed by atoms with van der Waals surface area (Å²) in [5, 5.41) is 6.60. The molecule has 2 aromatic rings. The van der Waals surface area contributed by atoms with E-state index in [1.54, 1.807) is 14.2 Å². The van der Waals surface area contributed by atoms with Crippen LogP contribution >= 0.6 is 0 Å². The third kappa shape index (κ3) is 7.52. The van der Waals surface area contributed by atoms with Crippen molar-refractivity contribution in [3.05, 3.63) is 42.7 Å². The van der Waals surface area contributed by atoms with Crippen molar-refractivity contribution in [2.24, 2.45) is 4.99 Å². The normalized spacial score (nSPS) is 11.1. The summed E-state index contributed by atoms with van der Waals surface area (Å²) in [6, 6.07) is 9.56. The molecule has 0 unspecified atom stereocenters. The summed E-state index contributed by atoms with van der Waals surface area (Å²) >= 11 is 0. The molecule has 0 fully saturated rings. The molecule has 1 heterocycles. The molecule has 0 aliphatic rings. The van der Waals surface area contributed by atoms with Gasteiger partial charge in [0.05, 0.1) is 20.8 Å². The molecule has 2 rings (SSSR count). The Morgan fingerprint density at radius 3 is 2.30 bits per heavy atom. The first-order valence-corrected chi connectivity index (χ1v) is 9.24. The van der Waals surface area contributed by atoms with Gasteiger partial charge in [-0.05, 0) is 19.1 Å². The number of hydrogen-bond acceptors (Lipinski definition) is 4. The van der Waals surface area contributed by atoms with Crippen molar-refractivity contribution >= 4 is 5.96 Å². The maximum Gasteiger partial charge on any atom is 0.191 e. The predicted octanol–water partition coefficient (Wildman–Crippen LogP) is 2.53. The van der Waals surface area contributed by atoms with Crippen LogP contribution in [0.5, 0.6) is 17.2 Å². The molecule has 1 aromatic carbocycles. The van der Waals surface area contributed by atoms with Crippen molar-refractivity contribution < 1.29 is 14.2 Å². The van der Waals surface area contributed by atoms with Crippen molar-refractivity contribution in [2.75, 3.05) is 40.5 Å². The summed E-state index contributed by atoms with van der Waals surface area (Å²) in [5.74, 6) is 2.98. The van der Waals surface area contributed by atoms with Gasteiger partial charge in [-0.25, -0.2) is 0 Å². The van der Waals surface area contributed by atoms with Crippen LogP contribution < -0.4 is 24.8 Å². The second kappa shape index (κ2) is 11.7. The topological polar surface area (TPSA) is 69.0 Å². The van der Waals surface area contributed by atoms with Gasteiger partial charge in [0, 0.05) is 63.2 Å². The third-order valence-electron chi connectivity index (χ3n) is 3.84. The smallest absolute Gasteiger partial charge is 0.191 e. The number of rotatable bonds is 11. The second-order valence-corrected chi connectivity index (χ2v) is 5.86. The minimum absolute atomic E-state index is 0.572. The molecular weight excluding hydrogens is 344 g/mol. The molecule has 0 aliphatic heterocycles. The van der Waals surface area contributed by atoms with E-state index >= 15 is 0 Å². The van der Waals surface area contributed by atoms with Crippen molar-refractivity contribution in [3.63, 3.8) is 0 Å². The van der Waals surface area contributed by atoms with E-state index in [9.17, 15) is 0 Å². The maximum absolute atomic E-state index is 5.79. The number of benzene rings is 1. The number of guanidine groups is 1. The summed E-state index contributed by atoms with van der Waals surface area (Å²) < 4.78 is 18.4. The lowest BCUT2D eigenvalue weighted by atomic mass is 10.3. The van der Waals surface area contributed by atoms with Crippen molar-refractivity contribution in [3.8, 4) is 17.2 Å². The Balaban J connectivity index is 1.73. The average molecular weight is 374 g/mol. The first-order chi connectivity index (χ1) is 13.2. The zero-order valence-electron chi connectivity index (χ0n) is 16.4. The molecule has 0 spiro atoms. The fraction of sp³-hybridized carbons (Fsp3) is 0.450. The minimum Gasteiger partial charge on any atom is -0.496 e. The Hall–Kier alpha value is -2.83. The molecule has 0 radical (unpaired) electrons. The van der Waals surface area contributed by atoms with Gasteiger partial charge in [-0.1, -0.05) is 0 Å². The molecule has 148 valence electrons. The number of aromatic nitrogens is 1. The fourth-order valence-corrected chi connectivity index (χ4v) is 2.47. The molecule has 2 N–H and O–H groups in total. The fourth-order valence-electron chi connectivity index (χ4n) is 2.47. The Labute approximate surface area is 161 Å². The van der Waals surface area contributed by atoms with Gasteiger partial charge in [-0.3, -0.25) is 4.99 Å². The molecule has 0 aliphatic carbocycles. The SMILES string of the molecule is CCNC(=NCCCOc1cc(OC)cc(OC)c1)NCCn1cccc1. The molecule has 0 saturated carbocycles. The Kier molecular flexibility index (Phi) is 8.89. The molecule has 1 aromatic heterocycles. The summed E-state index contributed by atoms with van der Waals surface area (Å²) in [5.41, 5.74) is 0. The van der Waals surface area contributed by atoms with Crippen LogP contribution in [0.15, 0.2) is 47.7 Å². The quantitative estimate of drug-likeness (QED) is 0.359. The highest BCUT2D eigenvalue weighted by Gasteiger charge is 2.03. The van der Waals surface area contributed by atoms with Crippen LogP contribution in [0.2, 0.25) is 0 Å². The van der Waals surface area contributed by atoms with Crippen LogP contribution in [-0.2, 0) is 6.54 Å². The van der Waals surface area contributed by atoms with Crippen molar-refractivity contribution in [2.45, 2.75) is 19.9 Å². The van der Waals surface area contributed by atoms with Gasteiger partial charge in [0.1, 0.15) is 17.2 Å². The molecule has 0 amide bonds. The van der Waals surface area contributed by atoms with Crippen LogP contribution in [0, 0.1) is 0 Å². The molecule has 7 heteroatoms. The first-order valence-electron chi connectivity index (χ1n) is 9.24. The van der Waals surface area contributed by atoms with Gasteiger partial charge in [-0.15, -0.1) is 0 Å². The van der Waals surface area contributed by atoms with E-state index in [0.717, 1.165) is 37.8 Å². The number of hydrogen-bond donors (Lipinski definition) is 2. The third-order valence-corrected chi connectivity index (χ3v) is 3.84. The van der Waals surface area contributed by atoms with Crippen LogP contribution in [0.4, 0.5) is 0 Å². The van der Waals surface area contributed by atoms with E-state index in [-0.39, 0.29) is 0 Å². The average Bonchev–Trinajstić information content (AvgIpc) is 3.20. The summed E-state index contributed by atoms with van der Waals surface area (Å²) in [7, 11) is 3.25. The zero-order valence-corrected chi connectivity index (χ0v) is 16.4. The second-order valence-electron chi connectivity index (χ2n) is 5.86. The largest absolute Gasteiger partial charge is 0.496 e. The molecule has 7 nitrogen and oxygen atoms in total. The van der Waals surface area contributed by atoms with E-state index in [4.69, 9.17) is 14.2 Å². The maximum atomic E-state index is 5.79. The van der Waals surface area contributed by atoms with Gasteiger partial charge in [0.2, 0.25) is 0 Å². The predicted molar refractivity (Wildman–Crippen MR) is 108 cm³/mol. The molecule has 0 saturated heterocycles. The zero-order chi connectivity index (χ0) is 19.3. The number of ether oxygens (including phenoxy) is 3. The van der Waals surface area contributed by atoms with E-state index in [1.165, 1.54) is 0 Å². The highest BCUT2D eigenvalue weighted by molar-refractivity contribution is 5.79. The number of nitrogens with zero attached hydrogens (tertiary/aromatic N) is 2. The van der Waals surface area contributed by atoms with E-state index in [2.05, 4.69) is 39.5 Å². The van der Waals surface area contributed by atoms with E-state index in [0.29, 0.717) is 24.7 Å². The number of methoxy groups -OCH3 is 2. The highest BCUT2D eigenvalue weighted by atomic mass is 16.5. The van der Waals surface area contributed by atoms with Gasteiger partial charge >= 0.3 is 0 Å². The highest BCUT2D eigenvalue weighted by Crippen LogP contribution is 2.27. The minimum atomic E-state index is 0.572. The lowest BCUT2D eigenvalue weighted by Gasteiger charge is -2.12. The van der Waals surface area contributed by atoms with Gasteiger partial charge in [0.25, 0.3) is 0 Å². The monoisotopic (exact) mass is 374 g/mol. The Morgan fingerprint density at radius 1 is 1.00 bits per heavy atom. The van der Waals surface area contributed by atoms with Crippen LogP contribution in [0.3, 0.4) is 0 Å². The molecule has 27 heavy (non-hydrogen) atoms. The van der Waals surface area contributed by atoms with Gasteiger partial charge in [0.15, 0.2) is 5.96 Å². The van der Waals surface area contributed by atoms with Crippen molar-refractivity contribution in [1.29, 1.82) is 0 Å². The van der Waals surface area contributed by atoms with Gasteiger partial charge < -0.3 is 29.4 Å². The molecule has 0 bridgehead atoms. The Bertz CT molecular complexity index is 664. The lowest BCUT2D eigenvalue weighted by Crippen LogP contribution is -2.38. The van der Waals surface area contributed by atoms with Crippen LogP contribution in [-0.4, -0.2) is 51.0 Å². The summed E-state index contributed by atoms with van der Waals surface area (Å²) in [6.07, 6.45) is 4.92. The van der Waals surface area contributed by atoms with Crippen LogP contribution in [0.1, 0.15) is 13.3 Å².